The van der Waals surface area contributed by atoms with Crippen molar-refractivity contribution in [1.29, 1.82) is 0 Å². The van der Waals surface area contributed by atoms with Gasteiger partial charge in [-0.1, -0.05) is 19.1 Å². The normalized spacial score (nSPS) is 10.5. The van der Waals surface area contributed by atoms with Gasteiger partial charge in [0.25, 0.3) is 0 Å². The Morgan fingerprint density at radius 1 is 1.32 bits per heavy atom. The largest absolute Gasteiger partial charge is 0.494 e. The molecule has 0 amide bonds. The Balaban J connectivity index is 2.26. The first kappa shape index (κ1) is 14.8. The van der Waals surface area contributed by atoms with Gasteiger partial charge in [-0.3, -0.25) is 4.79 Å². The second-order valence-electron chi connectivity index (χ2n) is 3.94. The lowest BCUT2D eigenvalue weighted by atomic mass is 10.1. The van der Waals surface area contributed by atoms with Crippen LogP contribution in [0.3, 0.4) is 0 Å². The molecule has 0 fully saturated rings. The zero-order valence-corrected chi connectivity index (χ0v) is 14.3. The number of hydrogen-bond donors (Lipinski definition) is 0. The first-order valence-electron chi connectivity index (χ1n) is 5.84. The van der Waals surface area contributed by atoms with Gasteiger partial charge < -0.3 is 4.74 Å². The number of benzene rings is 1. The molecule has 0 aliphatic carbocycles. The monoisotopic (exact) mass is 402 g/mol. The Morgan fingerprint density at radius 2 is 2.11 bits per heavy atom. The van der Waals surface area contributed by atoms with E-state index in [0.29, 0.717) is 17.7 Å². The molecule has 0 unspecified atom stereocenters. The number of carbonyl (C=O) groups excluding carboxylic acids is 1. The number of rotatable bonds is 5. The highest BCUT2D eigenvalue weighted by Gasteiger charge is 2.16. The van der Waals surface area contributed by atoms with Crippen molar-refractivity contribution in [3.63, 3.8) is 0 Å². The van der Waals surface area contributed by atoms with Gasteiger partial charge >= 0.3 is 0 Å². The fourth-order valence-electron chi connectivity index (χ4n) is 1.60. The Labute approximate surface area is 133 Å². The summed E-state index contributed by atoms with van der Waals surface area (Å²) in [6.45, 7) is 2.71. The van der Waals surface area contributed by atoms with Gasteiger partial charge in [0, 0.05) is 11.1 Å². The fourth-order valence-corrected chi connectivity index (χ4v) is 4.39. The quantitative estimate of drug-likeness (QED) is 0.633. The van der Waals surface area contributed by atoms with Gasteiger partial charge in [-0.2, -0.15) is 0 Å². The van der Waals surface area contributed by atoms with Crippen LogP contribution in [0.2, 0.25) is 0 Å². The maximum atomic E-state index is 12.4. The van der Waals surface area contributed by atoms with Gasteiger partial charge in [0.05, 0.1) is 14.2 Å². The molecule has 0 aliphatic heterocycles. The maximum absolute atomic E-state index is 12.4. The van der Waals surface area contributed by atoms with Crippen LogP contribution in [0.15, 0.2) is 37.9 Å². The molecule has 0 atom stereocenters. The van der Waals surface area contributed by atoms with Gasteiger partial charge in [-0.25, -0.2) is 0 Å². The van der Waals surface area contributed by atoms with Crippen molar-refractivity contribution >= 4 is 49.0 Å². The molecule has 0 radical (unpaired) electrons. The summed E-state index contributed by atoms with van der Waals surface area (Å²) in [7, 11) is 0. The third-order valence-corrected chi connectivity index (χ3v) is 4.81. The molecule has 0 saturated carbocycles. The average Bonchev–Trinajstić information content (AvgIpc) is 2.75. The predicted octanol–water partition coefficient (Wildman–Crippen LogP) is 5.29. The van der Waals surface area contributed by atoms with Crippen molar-refractivity contribution in [1.82, 2.24) is 0 Å². The van der Waals surface area contributed by atoms with E-state index < -0.39 is 0 Å². The summed E-state index contributed by atoms with van der Waals surface area (Å²) in [6.07, 6.45) is 0.946. The second-order valence-corrected chi connectivity index (χ2v) is 7.69. The lowest BCUT2D eigenvalue weighted by Gasteiger charge is -2.06. The molecule has 100 valence electrons. The van der Waals surface area contributed by atoms with Gasteiger partial charge in [-0.05, 0) is 56.5 Å². The molecule has 1 aromatic carbocycles. The third kappa shape index (κ3) is 3.68. The standard InChI is InChI=1S/C14H12Br2O2S/c1-2-6-18-10-5-3-4-9(7-10)13(17)11-8-12(15)19-14(11)16/h3-5,7-8H,2,6H2,1H3. The zero-order chi connectivity index (χ0) is 13.8. The topological polar surface area (TPSA) is 26.3 Å². The van der Waals surface area contributed by atoms with E-state index in [2.05, 4.69) is 38.8 Å². The summed E-state index contributed by atoms with van der Waals surface area (Å²) in [5, 5.41) is 0. The molecule has 0 spiro atoms. The number of hydrogen-bond acceptors (Lipinski definition) is 3. The third-order valence-electron chi connectivity index (χ3n) is 2.47. The van der Waals surface area contributed by atoms with Gasteiger partial charge in [0.15, 0.2) is 5.78 Å². The van der Waals surface area contributed by atoms with Crippen LogP contribution in [0.1, 0.15) is 29.3 Å². The molecule has 2 nitrogen and oxygen atoms in total. The van der Waals surface area contributed by atoms with Crippen LogP contribution in [0, 0.1) is 0 Å². The summed E-state index contributed by atoms with van der Waals surface area (Å²) < 4.78 is 7.32. The summed E-state index contributed by atoms with van der Waals surface area (Å²) in [5.41, 5.74) is 1.31. The Bertz CT molecular complexity index is 593. The molecular formula is C14H12Br2O2S. The van der Waals surface area contributed by atoms with E-state index in [0.717, 1.165) is 19.7 Å². The van der Waals surface area contributed by atoms with Crippen molar-refractivity contribution in [3.05, 3.63) is 49.0 Å². The van der Waals surface area contributed by atoms with Crippen molar-refractivity contribution in [2.24, 2.45) is 0 Å². The van der Waals surface area contributed by atoms with Gasteiger partial charge in [0.1, 0.15) is 5.75 Å². The first-order chi connectivity index (χ1) is 9.11. The van der Waals surface area contributed by atoms with Crippen LogP contribution in [0.4, 0.5) is 0 Å². The van der Waals surface area contributed by atoms with E-state index in [4.69, 9.17) is 4.74 Å². The van der Waals surface area contributed by atoms with Crippen LogP contribution in [0.25, 0.3) is 0 Å². The van der Waals surface area contributed by atoms with E-state index in [9.17, 15) is 4.79 Å². The number of carbonyl (C=O) groups is 1. The van der Waals surface area contributed by atoms with Gasteiger partial charge in [0.2, 0.25) is 0 Å². The van der Waals surface area contributed by atoms with Crippen LogP contribution >= 0.6 is 43.2 Å². The highest BCUT2D eigenvalue weighted by molar-refractivity contribution is 9.12. The number of ketones is 1. The van der Waals surface area contributed by atoms with Crippen molar-refractivity contribution < 1.29 is 9.53 Å². The number of thiophene rings is 1. The van der Waals surface area contributed by atoms with Crippen molar-refractivity contribution in [3.8, 4) is 5.75 Å². The van der Waals surface area contributed by atoms with E-state index in [1.807, 2.05) is 18.2 Å². The molecule has 2 rings (SSSR count). The lowest BCUT2D eigenvalue weighted by Crippen LogP contribution is -2.02. The minimum Gasteiger partial charge on any atom is -0.494 e. The van der Waals surface area contributed by atoms with E-state index in [-0.39, 0.29) is 5.78 Å². The van der Waals surface area contributed by atoms with Crippen LogP contribution in [0.5, 0.6) is 5.75 Å². The summed E-state index contributed by atoms with van der Waals surface area (Å²) >= 11 is 8.29. The molecule has 1 aromatic heterocycles. The minimum atomic E-state index is -0.00391. The summed E-state index contributed by atoms with van der Waals surface area (Å²) in [6, 6.07) is 9.13. The van der Waals surface area contributed by atoms with E-state index in [1.54, 1.807) is 12.1 Å². The molecule has 0 aliphatic rings. The molecule has 0 N–H and O–H groups in total. The zero-order valence-electron chi connectivity index (χ0n) is 10.3. The average molecular weight is 404 g/mol. The SMILES string of the molecule is CCCOc1cccc(C(=O)c2cc(Br)sc2Br)c1. The molecule has 2 aromatic rings. The highest BCUT2D eigenvalue weighted by Crippen LogP contribution is 2.33. The molecule has 0 bridgehead atoms. The lowest BCUT2D eigenvalue weighted by molar-refractivity contribution is 0.103. The Hall–Kier alpha value is -0.650. The molecule has 19 heavy (non-hydrogen) atoms. The summed E-state index contributed by atoms with van der Waals surface area (Å²) in [4.78, 5) is 12.4. The van der Waals surface area contributed by atoms with E-state index >= 15 is 0 Å². The molecular weight excluding hydrogens is 392 g/mol. The van der Waals surface area contributed by atoms with Crippen LogP contribution < -0.4 is 4.74 Å². The van der Waals surface area contributed by atoms with Gasteiger partial charge in [-0.15, -0.1) is 11.3 Å². The fraction of sp³-hybridized carbons (Fsp3) is 0.214. The number of ether oxygens (including phenoxy) is 1. The first-order valence-corrected chi connectivity index (χ1v) is 8.24. The van der Waals surface area contributed by atoms with Crippen LogP contribution in [-0.2, 0) is 0 Å². The Morgan fingerprint density at radius 3 is 2.74 bits per heavy atom. The summed E-state index contributed by atoms with van der Waals surface area (Å²) in [5.74, 6) is 0.730. The van der Waals surface area contributed by atoms with E-state index in [1.165, 1.54) is 11.3 Å². The Kier molecular flexibility index (Phi) is 5.19. The van der Waals surface area contributed by atoms with Crippen LogP contribution in [-0.4, -0.2) is 12.4 Å². The number of halogens is 2. The molecule has 1 heterocycles. The van der Waals surface area contributed by atoms with Crippen molar-refractivity contribution in [2.45, 2.75) is 13.3 Å². The smallest absolute Gasteiger partial charge is 0.195 e. The predicted molar refractivity (Wildman–Crippen MR) is 85.4 cm³/mol. The minimum absolute atomic E-state index is 0.00391. The van der Waals surface area contributed by atoms with Crippen molar-refractivity contribution in [2.75, 3.05) is 6.61 Å². The molecule has 0 saturated heterocycles. The maximum Gasteiger partial charge on any atom is 0.195 e. The second kappa shape index (κ2) is 6.68. The molecule has 5 heteroatoms. The highest BCUT2D eigenvalue weighted by atomic mass is 79.9.